The summed E-state index contributed by atoms with van der Waals surface area (Å²) >= 11 is 0. The van der Waals surface area contributed by atoms with Crippen molar-refractivity contribution in [2.75, 3.05) is 18.4 Å². The first-order valence-corrected chi connectivity index (χ1v) is 8.93. The number of carbonyl (C=O) groups excluding carboxylic acids is 1. The largest absolute Gasteiger partial charge is 0.366 e. The highest BCUT2D eigenvalue weighted by Gasteiger charge is 2.24. The molecule has 0 aliphatic carbocycles. The molecule has 136 valence electrons. The maximum atomic E-state index is 11.3. The van der Waals surface area contributed by atoms with Gasteiger partial charge in [0.25, 0.3) is 0 Å². The molecule has 0 bridgehead atoms. The van der Waals surface area contributed by atoms with Crippen molar-refractivity contribution in [1.82, 2.24) is 24.5 Å². The summed E-state index contributed by atoms with van der Waals surface area (Å²) in [4.78, 5) is 21.9. The van der Waals surface area contributed by atoms with Crippen molar-refractivity contribution in [2.45, 2.75) is 25.3 Å². The SMILES string of the molecule is [B]c1cnn2c(NCc3cccnc3)cc(C3CCN(C(N)=O)CC3)nc12. The van der Waals surface area contributed by atoms with Gasteiger partial charge < -0.3 is 16.0 Å². The molecule has 8 nitrogen and oxygen atoms in total. The number of hydrogen-bond acceptors (Lipinski definition) is 5. The molecule has 3 aromatic heterocycles. The highest BCUT2D eigenvalue weighted by molar-refractivity contribution is 6.36. The van der Waals surface area contributed by atoms with E-state index in [0.29, 0.717) is 30.7 Å². The van der Waals surface area contributed by atoms with Crippen molar-refractivity contribution in [3.8, 4) is 0 Å². The molecule has 0 atom stereocenters. The smallest absolute Gasteiger partial charge is 0.314 e. The van der Waals surface area contributed by atoms with E-state index in [4.69, 9.17) is 18.6 Å². The van der Waals surface area contributed by atoms with Gasteiger partial charge in [-0.15, -0.1) is 0 Å². The number of fused-ring (bicyclic) bond motifs is 1. The molecular weight excluding hydrogens is 341 g/mol. The predicted octanol–water partition coefficient (Wildman–Crippen LogP) is 0.788. The molecule has 0 unspecified atom stereocenters. The Morgan fingerprint density at radius 2 is 2.15 bits per heavy atom. The maximum absolute atomic E-state index is 11.3. The Hall–Kier alpha value is -3.10. The first-order valence-electron chi connectivity index (χ1n) is 8.93. The number of rotatable bonds is 4. The fourth-order valence-corrected chi connectivity index (χ4v) is 3.42. The van der Waals surface area contributed by atoms with Crippen LogP contribution >= 0.6 is 0 Å². The Bertz CT molecular complexity index is 951. The first-order chi connectivity index (χ1) is 13.1. The molecule has 27 heavy (non-hydrogen) atoms. The number of amides is 2. The Morgan fingerprint density at radius 3 is 2.85 bits per heavy atom. The standard InChI is InChI=1S/C18H20BN7O/c19-14-11-23-26-16(22-10-12-2-1-5-21-9-12)8-15(24-17(14)26)13-3-6-25(7-4-13)18(20)27/h1-2,5,8-9,11,13,22H,3-4,6-7,10H2,(H2,20,27). The molecule has 0 spiro atoms. The molecule has 1 fully saturated rings. The highest BCUT2D eigenvalue weighted by Crippen LogP contribution is 2.28. The number of nitrogens with one attached hydrogen (secondary N) is 1. The predicted molar refractivity (Wildman–Crippen MR) is 103 cm³/mol. The van der Waals surface area contributed by atoms with Crippen molar-refractivity contribution >= 4 is 30.8 Å². The van der Waals surface area contributed by atoms with Crippen molar-refractivity contribution in [1.29, 1.82) is 0 Å². The normalized spacial score (nSPS) is 15.2. The second-order valence-corrected chi connectivity index (χ2v) is 6.72. The van der Waals surface area contributed by atoms with Crippen molar-refractivity contribution < 1.29 is 4.79 Å². The van der Waals surface area contributed by atoms with Crippen LogP contribution < -0.4 is 16.5 Å². The van der Waals surface area contributed by atoms with Crippen LogP contribution in [0.5, 0.6) is 0 Å². The average molecular weight is 361 g/mol. The van der Waals surface area contributed by atoms with Gasteiger partial charge in [-0.2, -0.15) is 9.61 Å². The molecule has 9 heteroatoms. The number of likely N-dealkylation sites (tertiary alicyclic amines) is 1. The first kappa shape index (κ1) is 17.3. The van der Waals surface area contributed by atoms with Gasteiger partial charge in [0.2, 0.25) is 0 Å². The van der Waals surface area contributed by atoms with Gasteiger partial charge in [-0.3, -0.25) is 4.98 Å². The molecule has 4 rings (SSSR count). The molecule has 0 saturated carbocycles. The van der Waals surface area contributed by atoms with Gasteiger partial charge >= 0.3 is 6.03 Å². The highest BCUT2D eigenvalue weighted by atomic mass is 16.2. The minimum Gasteiger partial charge on any atom is -0.366 e. The fourth-order valence-electron chi connectivity index (χ4n) is 3.42. The topological polar surface area (TPSA) is 101 Å². The Balaban J connectivity index is 1.60. The van der Waals surface area contributed by atoms with Crippen LogP contribution in [0.2, 0.25) is 0 Å². The van der Waals surface area contributed by atoms with Crippen molar-refractivity contribution in [3.63, 3.8) is 0 Å². The molecule has 1 aliphatic rings. The quantitative estimate of drug-likeness (QED) is 0.669. The maximum Gasteiger partial charge on any atom is 0.314 e. The van der Waals surface area contributed by atoms with Crippen LogP contribution in [0.3, 0.4) is 0 Å². The minimum absolute atomic E-state index is 0.249. The molecule has 3 aromatic rings. The molecule has 0 aromatic carbocycles. The number of anilines is 1. The summed E-state index contributed by atoms with van der Waals surface area (Å²) in [5.74, 6) is 1.08. The lowest BCUT2D eigenvalue weighted by Gasteiger charge is -2.30. The number of hydrogen-bond donors (Lipinski definition) is 2. The van der Waals surface area contributed by atoms with Crippen LogP contribution in [0.15, 0.2) is 36.8 Å². The molecule has 4 heterocycles. The molecule has 1 aliphatic heterocycles. The number of nitrogens with two attached hydrogens (primary N) is 1. The zero-order valence-electron chi connectivity index (χ0n) is 14.9. The van der Waals surface area contributed by atoms with Crippen LogP contribution in [0.1, 0.15) is 30.0 Å². The van der Waals surface area contributed by atoms with E-state index in [0.717, 1.165) is 29.9 Å². The number of piperidine rings is 1. The van der Waals surface area contributed by atoms with Crippen molar-refractivity contribution in [2.24, 2.45) is 5.73 Å². The van der Waals surface area contributed by atoms with E-state index in [2.05, 4.69) is 15.4 Å². The second-order valence-electron chi connectivity index (χ2n) is 6.72. The van der Waals surface area contributed by atoms with E-state index in [1.165, 1.54) is 0 Å². The number of pyridine rings is 1. The molecule has 2 radical (unpaired) electrons. The van der Waals surface area contributed by atoms with Crippen LogP contribution in [-0.2, 0) is 6.54 Å². The monoisotopic (exact) mass is 361 g/mol. The van der Waals surface area contributed by atoms with Crippen LogP contribution in [0.25, 0.3) is 5.65 Å². The van der Waals surface area contributed by atoms with E-state index in [1.54, 1.807) is 21.8 Å². The third-order valence-electron chi connectivity index (χ3n) is 4.94. The summed E-state index contributed by atoms with van der Waals surface area (Å²) in [5.41, 5.74) is 8.57. The molecule has 2 amide bonds. The fraction of sp³-hybridized carbons (Fsp3) is 0.333. The average Bonchev–Trinajstić information content (AvgIpc) is 3.08. The summed E-state index contributed by atoms with van der Waals surface area (Å²) in [5, 5.41) is 7.74. The lowest BCUT2D eigenvalue weighted by atomic mass is 9.93. The lowest BCUT2D eigenvalue weighted by molar-refractivity contribution is 0.190. The number of urea groups is 1. The zero-order chi connectivity index (χ0) is 18.8. The van der Waals surface area contributed by atoms with Gasteiger partial charge in [0.1, 0.15) is 19.3 Å². The summed E-state index contributed by atoms with van der Waals surface area (Å²) in [7, 11) is 6.06. The van der Waals surface area contributed by atoms with Gasteiger partial charge in [0.05, 0.1) is 0 Å². The van der Waals surface area contributed by atoms with Crippen LogP contribution in [0.4, 0.5) is 10.6 Å². The van der Waals surface area contributed by atoms with Crippen LogP contribution in [-0.4, -0.2) is 51.4 Å². The third-order valence-corrected chi connectivity index (χ3v) is 4.94. The van der Waals surface area contributed by atoms with Crippen molar-refractivity contribution in [3.05, 3.63) is 48.0 Å². The lowest BCUT2D eigenvalue weighted by Crippen LogP contribution is -2.41. The van der Waals surface area contributed by atoms with Gasteiger partial charge in [-0.05, 0) is 29.9 Å². The summed E-state index contributed by atoms with van der Waals surface area (Å²) in [6.45, 7) is 1.90. The van der Waals surface area contributed by atoms with E-state index in [1.807, 2.05) is 24.4 Å². The van der Waals surface area contributed by atoms with E-state index < -0.39 is 0 Å². The van der Waals surface area contributed by atoms with Gasteiger partial charge in [-0.25, -0.2) is 9.78 Å². The minimum atomic E-state index is -0.365. The Kier molecular flexibility index (Phi) is 4.66. The Labute approximate surface area is 158 Å². The number of primary amides is 1. The summed E-state index contributed by atoms with van der Waals surface area (Å²) in [6, 6.07) is 5.57. The van der Waals surface area contributed by atoms with Gasteiger partial charge in [0, 0.05) is 55.9 Å². The molecular formula is C18H20BN7O. The van der Waals surface area contributed by atoms with E-state index in [9.17, 15) is 4.79 Å². The van der Waals surface area contributed by atoms with E-state index >= 15 is 0 Å². The summed E-state index contributed by atoms with van der Waals surface area (Å²) < 4.78 is 1.72. The number of aromatic nitrogens is 4. The Morgan fingerprint density at radius 1 is 1.33 bits per heavy atom. The third kappa shape index (κ3) is 3.58. The van der Waals surface area contributed by atoms with Gasteiger partial charge in [-0.1, -0.05) is 6.07 Å². The van der Waals surface area contributed by atoms with Gasteiger partial charge in [0.15, 0.2) is 0 Å². The van der Waals surface area contributed by atoms with Crippen LogP contribution in [0, 0.1) is 0 Å². The molecule has 3 N–H and O–H groups in total. The van der Waals surface area contributed by atoms with E-state index in [-0.39, 0.29) is 11.9 Å². The second kappa shape index (κ2) is 7.26. The number of nitrogens with zero attached hydrogens (tertiary/aromatic N) is 5. The molecule has 1 saturated heterocycles. The summed E-state index contributed by atoms with van der Waals surface area (Å²) in [6.07, 6.45) is 6.82. The zero-order valence-corrected chi connectivity index (χ0v) is 14.9. The number of carbonyl (C=O) groups is 1.